The molecule has 2 aromatic rings. The van der Waals surface area contributed by atoms with Crippen LogP contribution in [0, 0.1) is 0 Å². The lowest BCUT2D eigenvalue weighted by Gasteiger charge is -2.16. The zero-order valence-electron chi connectivity index (χ0n) is 18.6. The van der Waals surface area contributed by atoms with Crippen LogP contribution in [0.2, 0.25) is 0 Å². The molecular weight excluding hydrogens is 384 g/mol. The molecule has 166 valence electrons. The van der Waals surface area contributed by atoms with E-state index in [9.17, 15) is 9.59 Å². The van der Waals surface area contributed by atoms with Gasteiger partial charge in [-0.1, -0.05) is 57.9 Å². The van der Waals surface area contributed by atoms with Gasteiger partial charge in [0, 0.05) is 6.92 Å². The second kappa shape index (κ2) is 12.3. The molecule has 0 aliphatic heterocycles. The topological polar surface area (TPSA) is 75.0 Å². The Balaban J connectivity index is 2.15. The Hall–Kier alpha value is -2.50. The van der Waals surface area contributed by atoms with Gasteiger partial charge in [-0.2, -0.15) is 0 Å². The highest BCUT2D eigenvalue weighted by Gasteiger charge is 2.23. The van der Waals surface area contributed by atoms with E-state index >= 15 is 0 Å². The number of carbonyl (C=O) groups excluding carboxylic acids is 1. The molecular formula is C24H34O6. The second-order valence-electron chi connectivity index (χ2n) is 7.76. The normalized spacial score (nSPS) is 11.1. The summed E-state index contributed by atoms with van der Waals surface area (Å²) in [6.45, 7) is 7.64. The summed E-state index contributed by atoms with van der Waals surface area (Å²) in [5, 5.41) is 0.423. The Morgan fingerprint density at radius 3 is 2.30 bits per heavy atom. The highest BCUT2D eigenvalue weighted by atomic mass is 16.6. The first-order valence-corrected chi connectivity index (χ1v) is 11.0. The van der Waals surface area contributed by atoms with Crippen LogP contribution in [0.25, 0.3) is 11.0 Å². The minimum absolute atomic E-state index is 0.0598. The summed E-state index contributed by atoms with van der Waals surface area (Å²) < 4.78 is 22.4. The lowest BCUT2D eigenvalue weighted by Crippen LogP contribution is -2.14. The van der Waals surface area contributed by atoms with E-state index in [-0.39, 0.29) is 23.2 Å². The van der Waals surface area contributed by atoms with Crippen LogP contribution in [-0.2, 0) is 4.79 Å². The number of carbonyl (C=O) groups is 1. The van der Waals surface area contributed by atoms with Gasteiger partial charge in [-0.15, -0.1) is 0 Å². The lowest BCUT2D eigenvalue weighted by molar-refractivity contribution is -0.131. The van der Waals surface area contributed by atoms with Gasteiger partial charge < -0.3 is 18.6 Å². The minimum Gasteiger partial charge on any atom is -0.490 e. The number of hydrogen-bond acceptors (Lipinski definition) is 6. The first kappa shape index (κ1) is 23.8. The first-order valence-electron chi connectivity index (χ1n) is 11.0. The highest BCUT2D eigenvalue weighted by molar-refractivity contribution is 5.93. The maximum Gasteiger partial charge on any atom is 0.383 e. The van der Waals surface area contributed by atoms with Gasteiger partial charge in [0.05, 0.1) is 12.7 Å². The fourth-order valence-electron chi connectivity index (χ4n) is 3.30. The predicted molar refractivity (Wildman–Crippen MR) is 118 cm³/mol. The standard InChI is InChI=1S/C24H34O6/c1-5-6-7-8-9-10-11-12-16-27-23-22(29-18(4)25)21-19(28-17(2)3)14-13-15-20(21)30-24(23)26/h13-15,17H,5-12,16H2,1-4H3. The summed E-state index contributed by atoms with van der Waals surface area (Å²) in [6, 6.07) is 5.11. The predicted octanol–water partition coefficient (Wildman–Crippen LogP) is 6.03. The van der Waals surface area contributed by atoms with Crippen molar-refractivity contribution in [3.8, 4) is 17.2 Å². The molecule has 0 saturated carbocycles. The molecule has 0 unspecified atom stereocenters. The van der Waals surface area contributed by atoms with Crippen LogP contribution < -0.4 is 19.8 Å². The molecule has 1 aromatic carbocycles. The molecule has 6 nitrogen and oxygen atoms in total. The molecule has 0 atom stereocenters. The van der Waals surface area contributed by atoms with E-state index in [4.69, 9.17) is 18.6 Å². The molecule has 0 saturated heterocycles. The number of rotatable bonds is 13. The molecule has 0 amide bonds. The summed E-state index contributed by atoms with van der Waals surface area (Å²) in [6.07, 6.45) is 9.18. The average molecular weight is 419 g/mol. The zero-order chi connectivity index (χ0) is 21.9. The van der Waals surface area contributed by atoms with Crippen molar-refractivity contribution in [2.45, 2.75) is 85.2 Å². The lowest BCUT2D eigenvalue weighted by atomic mass is 10.1. The van der Waals surface area contributed by atoms with Crippen LogP contribution in [0.4, 0.5) is 0 Å². The van der Waals surface area contributed by atoms with Gasteiger partial charge >= 0.3 is 11.6 Å². The molecule has 6 heteroatoms. The Bertz CT molecular complexity index is 868. The molecule has 2 rings (SSSR count). The van der Waals surface area contributed by atoms with E-state index in [1.54, 1.807) is 18.2 Å². The third-order valence-corrected chi connectivity index (χ3v) is 4.66. The molecule has 0 aliphatic rings. The van der Waals surface area contributed by atoms with E-state index in [2.05, 4.69) is 6.92 Å². The molecule has 30 heavy (non-hydrogen) atoms. The summed E-state index contributed by atoms with van der Waals surface area (Å²) in [5.74, 6) is -0.0948. The van der Waals surface area contributed by atoms with Crippen molar-refractivity contribution in [1.29, 1.82) is 0 Å². The van der Waals surface area contributed by atoms with Gasteiger partial charge in [-0.25, -0.2) is 4.79 Å². The van der Waals surface area contributed by atoms with E-state index in [0.717, 1.165) is 19.3 Å². The van der Waals surface area contributed by atoms with Gasteiger partial charge in [0.2, 0.25) is 5.75 Å². The van der Waals surface area contributed by atoms with Crippen LogP contribution in [0.1, 0.15) is 79.1 Å². The smallest absolute Gasteiger partial charge is 0.383 e. The third-order valence-electron chi connectivity index (χ3n) is 4.66. The van der Waals surface area contributed by atoms with Crippen molar-refractivity contribution in [3.05, 3.63) is 28.6 Å². The second-order valence-corrected chi connectivity index (χ2v) is 7.76. The van der Waals surface area contributed by atoms with Crippen LogP contribution in [-0.4, -0.2) is 18.7 Å². The number of benzene rings is 1. The van der Waals surface area contributed by atoms with E-state index in [1.807, 2.05) is 13.8 Å². The zero-order valence-corrected chi connectivity index (χ0v) is 18.6. The summed E-state index contributed by atoms with van der Waals surface area (Å²) in [7, 11) is 0. The third kappa shape index (κ3) is 7.08. The number of fused-ring (bicyclic) bond motifs is 1. The van der Waals surface area contributed by atoms with Crippen molar-refractivity contribution >= 4 is 16.9 Å². The van der Waals surface area contributed by atoms with Crippen molar-refractivity contribution in [3.63, 3.8) is 0 Å². The van der Waals surface area contributed by atoms with Gasteiger partial charge in [0.15, 0.2) is 5.75 Å². The molecule has 0 fully saturated rings. The minimum atomic E-state index is -0.667. The Morgan fingerprint density at radius 2 is 1.67 bits per heavy atom. The molecule has 0 spiro atoms. The number of hydrogen-bond donors (Lipinski definition) is 0. The Kier molecular flexibility index (Phi) is 9.71. The van der Waals surface area contributed by atoms with Gasteiger partial charge in [0.25, 0.3) is 0 Å². The Morgan fingerprint density at radius 1 is 1.00 bits per heavy atom. The van der Waals surface area contributed by atoms with Gasteiger partial charge in [-0.3, -0.25) is 4.79 Å². The van der Waals surface area contributed by atoms with E-state index < -0.39 is 11.6 Å². The number of esters is 1. The van der Waals surface area contributed by atoms with E-state index in [0.29, 0.717) is 17.7 Å². The molecule has 0 bridgehead atoms. The SMILES string of the molecule is CCCCCCCCCCOc1c(OC(C)=O)c2c(OC(C)C)cccc2oc1=O. The monoisotopic (exact) mass is 418 g/mol. The van der Waals surface area contributed by atoms with Gasteiger partial charge in [0.1, 0.15) is 16.7 Å². The van der Waals surface area contributed by atoms with E-state index in [1.165, 1.54) is 39.0 Å². The fraction of sp³-hybridized carbons (Fsp3) is 0.583. The maximum atomic E-state index is 12.5. The quantitative estimate of drug-likeness (QED) is 0.225. The maximum absolute atomic E-state index is 12.5. The highest BCUT2D eigenvalue weighted by Crippen LogP contribution is 2.39. The molecule has 0 radical (unpaired) electrons. The summed E-state index contributed by atoms with van der Waals surface area (Å²) in [4.78, 5) is 24.2. The first-order chi connectivity index (χ1) is 14.4. The van der Waals surface area contributed by atoms with Crippen molar-refractivity contribution in [2.24, 2.45) is 0 Å². The van der Waals surface area contributed by atoms with Gasteiger partial charge in [-0.05, 0) is 32.4 Å². The molecule has 0 aliphatic carbocycles. The number of unbranched alkanes of at least 4 members (excludes halogenated alkanes) is 7. The van der Waals surface area contributed by atoms with Crippen molar-refractivity contribution < 1.29 is 23.4 Å². The van der Waals surface area contributed by atoms with Crippen molar-refractivity contribution in [1.82, 2.24) is 0 Å². The largest absolute Gasteiger partial charge is 0.490 e. The van der Waals surface area contributed by atoms with Crippen molar-refractivity contribution in [2.75, 3.05) is 6.61 Å². The molecule has 0 N–H and O–H groups in total. The van der Waals surface area contributed by atoms with Crippen LogP contribution in [0.15, 0.2) is 27.4 Å². The molecule has 1 heterocycles. The van der Waals surface area contributed by atoms with Crippen LogP contribution in [0.5, 0.6) is 17.2 Å². The van der Waals surface area contributed by atoms with Crippen LogP contribution in [0.3, 0.4) is 0 Å². The summed E-state index contributed by atoms with van der Waals surface area (Å²) >= 11 is 0. The Labute approximate surface area is 178 Å². The summed E-state index contributed by atoms with van der Waals surface area (Å²) in [5.41, 5.74) is -0.381. The fourth-order valence-corrected chi connectivity index (χ4v) is 3.30. The average Bonchev–Trinajstić information content (AvgIpc) is 2.67. The number of ether oxygens (including phenoxy) is 3. The molecule has 1 aromatic heterocycles. The van der Waals surface area contributed by atoms with Crippen LogP contribution >= 0.6 is 0 Å².